The normalized spacial score (nSPS) is 29.3. The van der Waals surface area contributed by atoms with E-state index in [2.05, 4.69) is 15.4 Å². The van der Waals surface area contributed by atoms with Crippen LogP contribution in [-0.2, 0) is 13.0 Å². The lowest BCUT2D eigenvalue weighted by Gasteiger charge is -2.19. The lowest BCUT2D eigenvalue weighted by molar-refractivity contribution is 0.196. The largest absolute Gasteiger partial charge is 0.396 e. The third-order valence-electron chi connectivity index (χ3n) is 3.67. The Morgan fingerprint density at radius 1 is 1.44 bits per heavy atom. The van der Waals surface area contributed by atoms with E-state index < -0.39 is 0 Å². The number of aliphatic hydroxyl groups excluding tert-OH is 1. The van der Waals surface area contributed by atoms with Crippen molar-refractivity contribution in [1.82, 2.24) is 20.1 Å². The van der Waals surface area contributed by atoms with E-state index in [9.17, 15) is 0 Å². The van der Waals surface area contributed by atoms with Gasteiger partial charge in [-0.1, -0.05) is 0 Å². The van der Waals surface area contributed by atoms with E-state index >= 15 is 0 Å². The molecule has 1 aromatic rings. The third-order valence-corrected chi connectivity index (χ3v) is 3.67. The van der Waals surface area contributed by atoms with Crippen molar-refractivity contribution in [2.45, 2.75) is 31.7 Å². The SMILES string of the molecule is OCC1CCn2nc(C3CCNC3)nc2C1. The molecule has 1 aromatic heterocycles. The molecule has 0 spiro atoms. The Hall–Kier alpha value is -0.940. The highest BCUT2D eigenvalue weighted by molar-refractivity contribution is 5.04. The van der Waals surface area contributed by atoms with Gasteiger partial charge in [-0.15, -0.1) is 0 Å². The van der Waals surface area contributed by atoms with Crippen molar-refractivity contribution in [3.8, 4) is 0 Å². The van der Waals surface area contributed by atoms with Crippen molar-refractivity contribution in [3.63, 3.8) is 0 Å². The van der Waals surface area contributed by atoms with Crippen LogP contribution in [0.5, 0.6) is 0 Å². The number of aliphatic hydroxyl groups is 1. The topological polar surface area (TPSA) is 63.0 Å². The molecule has 2 atom stereocenters. The van der Waals surface area contributed by atoms with Gasteiger partial charge in [0.2, 0.25) is 0 Å². The van der Waals surface area contributed by atoms with Crippen LogP contribution in [0.15, 0.2) is 0 Å². The number of nitrogens with zero attached hydrogens (tertiary/aromatic N) is 3. The highest BCUT2D eigenvalue weighted by Crippen LogP contribution is 2.23. The molecule has 0 radical (unpaired) electrons. The van der Waals surface area contributed by atoms with Gasteiger partial charge < -0.3 is 10.4 Å². The van der Waals surface area contributed by atoms with E-state index in [1.807, 2.05) is 4.68 Å². The molecule has 0 saturated carbocycles. The molecule has 3 heterocycles. The lowest BCUT2D eigenvalue weighted by Crippen LogP contribution is -2.22. The predicted molar refractivity (Wildman–Crippen MR) is 59.1 cm³/mol. The van der Waals surface area contributed by atoms with Crippen LogP contribution in [0.2, 0.25) is 0 Å². The molecule has 2 aliphatic heterocycles. The summed E-state index contributed by atoms with van der Waals surface area (Å²) in [5.74, 6) is 2.93. The fourth-order valence-corrected chi connectivity index (χ4v) is 2.59. The third kappa shape index (κ3) is 1.74. The molecule has 3 rings (SSSR count). The zero-order valence-electron chi connectivity index (χ0n) is 9.39. The van der Waals surface area contributed by atoms with Gasteiger partial charge in [-0.3, -0.25) is 0 Å². The molecule has 0 aromatic carbocycles. The molecule has 0 aliphatic carbocycles. The zero-order chi connectivity index (χ0) is 11.0. The van der Waals surface area contributed by atoms with Gasteiger partial charge >= 0.3 is 0 Å². The van der Waals surface area contributed by atoms with Gasteiger partial charge in [-0.05, 0) is 25.3 Å². The minimum absolute atomic E-state index is 0.271. The summed E-state index contributed by atoms with van der Waals surface area (Å²) in [4.78, 5) is 4.63. The maximum Gasteiger partial charge on any atom is 0.155 e. The quantitative estimate of drug-likeness (QED) is 0.734. The Morgan fingerprint density at radius 2 is 2.38 bits per heavy atom. The van der Waals surface area contributed by atoms with Gasteiger partial charge in [-0.25, -0.2) is 9.67 Å². The van der Waals surface area contributed by atoms with Crippen LogP contribution in [0.1, 0.15) is 30.4 Å². The Bertz CT molecular complexity index is 370. The van der Waals surface area contributed by atoms with Gasteiger partial charge in [0.05, 0.1) is 0 Å². The fourth-order valence-electron chi connectivity index (χ4n) is 2.59. The first-order valence-corrected chi connectivity index (χ1v) is 6.12. The second kappa shape index (κ2) is 4.14. The molecular formula is C11H18N4O. The summed E-state index contributed by atoms with van der Waals surface area (Å²) in [6.07, 6.45) is 3.05. The first-order chi connectivity index (χ1) is 7.86. The molecule has 0 amide bonds. The number of hydrogen-bond donors (Lipinski definition) is 2. The highest BCUT2D eigenvalue weighted by atomic mass is 16.3. The van der Waals surface area contributed by atoms with Gasteiger partial charge in [0.25, 0.3) is 0 Å². The maximum atomic E-state index is 9.17. The van der Waals surface area contributed by atoms with Crippen LogP contribution in [0.4, 0.5) is 0 Å². The molecule has 2 aliphatic rings. The van der Waals surface area contributed by atoms with E-state index in [0.29, 0.717) is 11.8 Å². The van der Waals surface area contributed by atoms with Gasteiger partial charge in [0, 0.05) is 32.0 Å². The van der Waals surface area contributed by atoms with E-state index in [-0.39, 0.29) is 6.61 Å². The van der Waals surface area contributed by atoms with Crippen LogP contribution in [0, 0.1) is 5.92 Å². The van der Waals surface area contributed by atoms with Crippen molar-refractivity contribution >= 4 is 0 Å². The van der Waals surface area contributed by atoms with E-state index in [0.717, 1.165) is 50.5 Å². The summed E-state index contributed by atoms with van der Waals surface area (Å²) in [7, 11) is 0. The standard InChI is InChI=1S/C11H18N4O/c16-7-8-2-4-15-10(5-8)13-11(14-15)9-1-3-12-6-9/h8-9,12,16H,1-7H2. The van der Waals surface area contributed by atoms with Crippen molar-refractivity contribution < 1.29 is 5.11 Å². The number of aromatic nitrogens is 3. The average Bonchev–Trinajstić information content (AvgIpc) is 2.96. The maximum absolute atomic E-state index is 9.17. The summed E-state index contributed by atoms with van der Waals surface area (Å²) >= 11 is 0. The molecule has 2 unspecified atom stereocenters. The number of nitrogens with one attached hydrogen (secondary N) is 1. The smallest absolute Gasteiger partial charge is 0.155 e. The number of rotatable bonds is 2. The summed E-state index contributed by atoms with van der Waals surface area (Å²) < 4.78 is 2.03. The van der Waals surface area contributed by atoms with Crippen LogP contribution < -0.4 is 5.32 Å². The first kappa shape index (κ1) is 10.2. The second-order valence-corrected chi connectivity index (χ2v) is 4.84. The second-order valence-electron chi connectivity index (χ2n) is 4.84. The Kier molecular flexibility index (Phi) is 2.65. The number of aryl methyl sites for hydroxylation is 1. The van der Waals surface area contributed by atoms with Crippen molar-refractivity contribution in [2.24, 2.45) is 5.92 Å². The minimum Gasteiger partial charge on any atom is -0.396 e. The lowest BCUT2D eigenvalue weighted by atomic mass is 9.99. The molecule has 16 heavy (non-hydrogen) atoms. The van der Waals surface area contributed by atoms with Gasteiger partial charge in [0.1, 0.15) is 5.82 Å². The summed E-state index contributed by atoms with van der Waals surface area (Å²) in [6, 6.07) is 0. The van der Waals surface area contributed by atoms with Crippen LogP contribution >= 0.6 is 0 Å². The summed E-state index contributed by atoms with van der Waals surface area (Å²) in [5.41, 5.74) is 0. The molecule has 1 fully saturated rings. The number of hydrogen-bond acceptors (Lipinski definition) is 4. The molecule has 88 valence electrons. The van der Waals surface area contributed by atoms with Crippen LogP contribution in [0.25, 0.3) is 0 Å². The Balaban J connectivity index is 1.80. The molecule has 2 N–H and O–H groups in total. The van der Waals surface area contributed by atoms with E-state index in [1.165, 1.54) is 0 Å². The molecule has 1 saturated heterocycles. The molecule has 0 bridgehead atoms. The summed E-state index contributed by atoms with van der Waals surface area (Å²) in [6.45, 7) is 3.27. The van der Waals surface area contributed by atoms with Crippen molar-refractivity contribution in [2.75, 3.05) is 19.7 Å². The first-order valence-electron chi connectivity index (χ1n) is 6.12. The summed E-state index contributed by atoms with van der Waals surface area (Å²) in [5, 5.41) is 17.1. The van der Waals surface area contributed by atoms with Crippen LogP contribution in [0.3, 0.4) is 0 Å². The van der Waals surface area contributed by atoms with E-state index in [4.69, 9.17) is 5.11 Å². The van der Waals surface area contributed by atoms with Gasteiger partial charge in [0.15, 0.2) is 5.82 Å². The minimum atomic E-state index is 0.271. The van der Waals surface area contributed by atoms with Crippen molar-refractivity contribution in [3.05, 3.63) is 11.6 Å². The van der Waals surface area contributed by atoms with Gasteiger partial charge in [-0.2, -0.15) is 5.10 Å². The Labute approximate surface area is 94.9 Å². The predicted octanol–water partition coefficient (Wildman–Crippen LogP) is -0.0903. The zero-order valence-corrected chi connectivity index (χ0v) is 9.39. The molecule has 5 heteroatoms. The fraction of sp³-hybridized carbons (Fsp3) is 0.818. The monoisotopic (exact) mass is 222 g/mol. The van der Waals surface area contributed by atoms with Crippen LogP contribution in [-0.4, -0.2) is 39.6 Å². The van der Waals surface area contributed by atoms with Crippen molar-refractivity contribution in [1.29, 1.82) is 0 Å². The molecular weight excluding hydrogens is 204 g/mol. The average molecular weight is 222 g/mol. The van der Waals surface area contributed by atoms with E-state index in [1.54, 1.807) is 0 Å². The number of fused-ring (bicyclic) bond motifs is 1. The highest BCUT2D eigenvalue weighted by Gasteiger charge is 2.26. The Morgan fingerprint density at radius 3 is 3.12 bits per heavy atom. The molecule has 5 nitrogen and oxygen atoms in total.